The lowest BCUT2D eigenvalue weighted by Gasteiger charge is -2.11. The molecular formula is C20H17Cl2N3O2. The number of fused-ring (bicyclic) bond motifs is 2. The first-order chi connectivity index (χ1) is 13.0. The summed E-state index contributed by atoms with van der Waals surface area (Å²) < 4.78 is 1.77. The molecule has 0 fully saturated rings. The molecule has 0 atom stereocenters. The van der Waals surface area contributed by atoms with Crippen LogP contribution in [-0.4, -0.2) is 15.5 Å². The Morgan fingerprint density at radius 3 is 2.70 bits per heavy atom. The number of halogens is 2. The van der Waals surface area contributed by atoms with Gasteiger partial charge in [-0.15, -0.1) is 0 Å². The second kappa shape index (κ2) is 7.33. The maximum Gasteiger partial charge on any atom is 0.261 e. The Balaban J connectivity index is 1.69. The molecule has 3 aromatic rings. The summed E-state index contributed by atoms with van der Waals surface area (Å²) in [6, 6.07) is 9.87. The van der Waals surface area contributed by atoms with Gasteiger partial charge < -0.3 is 5.32 Å². The van der Waals surface area contributed by atoms with Crippen molar-refractivity contribution in [3.8, 4) is 0 Å². The van der Waals surface area contributed by atoms with Gasteiger partial charge in [-0.25, -0.2) is 4.98 Å². The van der Waals surface area contributed by atoms with E-state index in [1.54, 1.807) is 41.0 Å². The fraction of sp³-hybridized carbons (Fsp3) is 0.250. The van der Waals surface area contributed by atoms with Crippen molar-refractivity contribution in [2.45, 2.75) is 32.2 Å². The molecule has 2 aromatic carbocycles. The first kappa shape index (κ1) is 18.0. The number of hydrogen-bond acceptors (Lipinski definition) is 3. The molecule has 1 N–H and O–H groups in total. The number of aryl methyl sites for hydroxylation is 1. The summed E-state index contributed by atoms with van der Waals surface area (Å²) in [4.78, 5) is 30.0. The van der Waals surface area contributed by atoms with Gasteiger partial charge in [0.2, 0.25) is 0 Å². The van der Waals surface area contributed by atoms with E-state index < -0.39 is 0 Å². The highest BCUT2D eigenvalue weighted by atomic mass is 35.5. The molecule has 1 aromatic heterocycles. The van der Waals surface area contributed by atoms with Crippen LogP contribution in [-0.2, 0) is 13.0 Å². The van der Waals surface area contributed by atoms with Gasteiger partial charge in [-0.2, -0.15) is 0 Å². The van der Waals surface area contributed by atoms with E-state index in [9.17, 15) is 9.59 Å². The Bertz CT molecular complexity index is 1110. The molecule has 138 valence electrons. The maximum absolute atomic E-state index is 12.8. The molecule has 0 saturated heterocycles. The van der Waals surface area contributed by atoms with Gasteiger partial charge in [0.1, 0.15) is 5.82 Å². The lowest BCUT2D eigenvalue weighted by atomic mass is 10.1. The maximum atomic E-state index is 12.8. The van der Waals surface area contributed by atoms with E-state index in [-0.39, 0.29) is 11.5 Å². The predicted molar refractivity (Wildman–Crippen MR) is 108 cm³/mol. The molecule has 1 aliphatic rings. The van der Waals surface area contributed by atoms with Gasteiger partial charge in [0.05, 0.1) is 20.9 Å². The van der Waals surface area contributed by atoms with Crippen LogP contribution in [0.1, 0.15) is 35.4 Å². The normalized spacial score (nSPS) is 13.9. The summed E-state index contributed by atoms with van der Waals surface area (Å²) in [6.45, 7) is 0.705. The van der Waals surface area contributed by atoms with Crippen molar-refractivity contribution in [3.63, 3.8) is 0 Å². The zero-order valence-electron chi connectivity index (χ0n) is 14.5. The lowest BCUT2D eigenvalue weighted by Crippen LogP contribution is -2.24. The van der Waals surface area contributed by atoms with Crippen LogP contribution in [0.3, 0.4) is 0 Å². The first-order valence-corrected chi connectivity index (χ1v) is 9.58. The van der Waals surface area contributed by atoms with Crippen LogP contribution >= 0.6 is 23.2 Å². The van der Waals surface area contributed by atoms with Crippen molar-refractivity contribution in [1.82, 2.24) is 9.55 Å². The summed E-state index contributed by atoms with van der Waals surface area (Å²) in [5.74, 6) is 0.499. The van der Waals surface area contributed by atoms with Crippen molar-refractivity contribution in [3.05, 3.63) is 68.2 Å². The number of nitrogens with zero attached hydrogens (tertiary/aromatic N) is 2. The van der Waals surface area contributed by atoms with Crippen LogP contribution in [0.4, 0.5) is 5.69 Å². The van der Waals surface area contributed by atoms with E-state index >= 15 is 0 Å². The third kappa shape index (κ3) is 3.57. The van der Waals surface area contributed by atoms with Gasteiger partial charge in [0.15, 0.2) is 0 Å². The van der Waals surface area contributed by atoms with Crippen LogP contribution in [0, 0.1) is 0 Å². The zero-order valence-corrected chi connectivity index (χ0v) is 16.0. The van der Waals surface area contributed by atoms with Crippen molar-refractivity contribution in [2.75, 3.05) is 5.32 Å². The van der Waals surface area contributed by atoms with Crippen LogP contribution in [0.5, 0.6) is 0 Å². The molecule has 27 heavy (non-hydrogen) atoms. The van der Waals surface area contributed by atoms with Gasteiger partial charge in [0.25, 0.3) is 11.5 Å². The van der Waals surface area contributed by atoms with E-state index in [0.29, 0.717) is 38.7 Å². The molecule has 4 rings (SSSR count). The average molecular weight is 402 g/mol. The second-order valence-corrected chi connectivity index (χ2v) is 7.42. The van der Waals surface area contributed by atoms with E-state index in [1.807, 2.05) is 0 Å². The van der Waals surface area contributed by atoms with E-state index in [1.165, 1.54) is 0 Å². The zero-order chi connectivity index (χ0) is 19.0. The quantitative estimate of drug-likeness (QED) is 0.677. The minimum atomic E-state index is -0.299. The van der Waals surface area contributed by atoms with Gasteiger partial charge in [-0.1, -0.05) is 29.6 Å². The summed E-state index contributed by atoms with van der Waals surface area (Å²) >= 11 is 11.9. The fourth-order valence-corrected chi connectivity index (χ4v) is 3.63. The predicted octanol–water partition coefficient (Wildman–Crippen LogP) is 4.68. The minimum absolute atomic E-state index is 0.0339. The molecule has 7 heteroatoms. The molecule has 0 spiro atoms. The molecule has 1 amide bonds. The number of anilines is 1. The summed E-state index contributed by atoms with van der Waals surface area (Å²) in [5.41, 5.74) is 1.49. The number of rotatable bonds is 2. The molecule has 0 aliphatic carbocycles. The first-order valence-electron chi connectivity index (χ1n) is 8.83. The second-order valence-electron chi connectivity index (χ2n) is 6.61. The van der Waals surface area contributed by atoms with Gasteiger partial charge in [-0.3, -0.25) is 14.2 Å². The molecule has 0 unspecified atom stereocenters. The average Bonchev–Trinajstić information content (AvgIpc) is 2.90. The Hall–Kier alpha value is -2.37. The van der Waals surface area contributed by atoms with Crippen LogP contribution in [0.25, 0.3) is 10.9 Å². The third-order valence-electron chi connectivity index (χ3n) is 4.76. The topological polar surface area (TPSA) is 64.0 Å². The highest BCUT2D eigenvalue weighted by molar-refractivity contribution is 6.42. The van der Waals surface area contributed by atoms with Crippen LogP contribution < -0.4 is 10.9 Å². The highest BCUT2D eigenvalue weighted by Crippen LogP contribution is 2.25. The number of amides is 1. The van der Waals surface area contributed by atoms with E-state index in [0.717, 1.165) is 31.5 Å². The van der Waals surface area contributed by atoms with Crippen LogP contribution in [0.2, 0.25) is 10.0 Å². The monoisotopic (exact) mass is 401 g/mol. The van der Waals surface area contributed by atoms with Crippen molar-refractivity contribution < 1.29 is 4.79 Å². The van der Waals surface area contributed by atoms with E-state index in [2.05, 4.69) is 10.3 Å². The van der Waals surface area contributed by atoms with Crippen molar-refractivity contribution >= 4 is 45.7 Å². The van der Waals surface area contributed by atoms with E-state index in [4.69, 9.17) is 23.2 Å². The summed E-state index contributed by atoms with van der Waals surface area (Å²) in [6.07, 6.45) is 3.89. The number of carbonyl (C=O) groups excluding carboxylic acids is 1. The van der Waals surface area contributed by atoms with Crippen molar-refractivity contribution in [1.29, 1.82) is 0 Å². The summed E-state index contributed by atoms with van der Waals surface area (Å²) in [7, 11) is 0. The fourth-order valence-electron chi connectivity index (χ4n) is 3.34. The molecule has 5 nitrogen and oxygen atoms in total. The molecule has 2 heterocycles. The Morgan fingerprint density at radius 2 is 1.89 bits per heavy atom. The molecule has 0 saturated carbocycles. The van der Waals surface area contributed by atoms with Crippen LogP contribution in [0.15, 0.2) is 41.2 Å². The van der Waals surface area contributed by atoms with Gasteiger partial charge >= 0.3 is 0 Å². The van der Waals surface area contributed by atoms with Gasteiger partial charge in [0, 0.05) is 24.2 Å². The number of aromatic nitrogens is 2. The Labute approximate surface area is 165 Å². The number of nitrogens with one attached hydrogen (secondary N) is 1. The molecule has 0 bridgehead atoms. The molecular weight excluding hydrogens is 385 g/mol. The highest BCUT2D eigenvalue weighted by Gasteiger charge is 2.15. The largest absolute Gasteiger partial charge is 0.322 e. The molecule has 1 aliphatic heterocycles. The van der Waals surface area contributed by atoms with Crippen molar-refractivity contribution in [2.24, 2.45) is 0 Å². The Kier molecular flexibility index (Phi) is 4.89. The summed E-state index contributed by atoms with van der Waals surface area (Å²) in [5, 5.41) is 4.11. The smallest absolute Gasteiger partial charge is 0.261 e. The number of benzene rings is 2. The standard InChI is InChI=1S/C20H17Cl2N3O2/c21-15-8-6-13(11-16(15)22)23-19(26)12-5-7-14-17(10-12)24-18-4-2-1-3-9-25(18)20(14)27/h5-8,10-11H,1-4,9H2,(H,23,26). The van der Waals surface area contributed by atoms with Gasteiger partial charge in [-0.05, 0) is 49.2 Å². The minimum Gasteiger partial charge on any atom is -0.322 e. The Morgan fingerprint density at radius 1 is 1.04 bits per heavy atom. The number of hydrogen-bond donors (Lipinski definition) is 1. The third-order valence-corrected chi connectivity index (χ3v) is 5.50. The lowest BCUT2D eigenvalue weighted by molar-refractivity contribution is 0.102. The SMILES string of the molecule is O=C(Nc1ccc(Cl)c(Cl)c1)c1ccc2c(=O)n3c(nc2c1)CCCCC3. The number of carbonyl (C=O) groups is 1. The molecule has 0 radical (unpaired) electrons.